The number of hydrogen-bond donors (Lipinski definition) is 3. The Bertz CT molecular complexity index is 811. The molecule has 7 heteroatoms. The van der Waals surface area contributed by atoms with E-state index in [9.17, 15) is 4.79 Å². The van der Waals surface area contributed by atoms with Gasteiger partial charge in [0.05, 0.1) is 17.4 Å². The van der Waals surface area contributed by atoms with Gasteiger partial charge in [-0.3, -0.25) is 20.1 Å². The van der Waals surface area contributed by atoms with Crippen LogP contribution in [0.25, 0.3) is 0 Å². The lowest BCUT2D eigenvalue weighted by Gasteiger charge is -2.35. The summed E-state index contributed by atoms with van der Waals surface area (Å²) in [6, 6.07) is 6.02. The second-order valence-corrected chi connectivity index (χ2v) is 7.42. The van der Waals surface area contributed by atoms with Crippen LogP contribution >= 0.6 is 0 Å². The molecular weight excluding hydrogens is 354 g/mol. The van der Waals surface area contributed by atoms with Crippen LogP contribution in [0.1, 0.15) is 53.4 Å². The molecule has 28 heavy (non-hydrogen) atoms. The molecule has 150 valence electrons. The Labute approximate surface area is 166 Å². The highest BCUT2D eigenvalue weighted by atomic mass is 16.5. The normalized spacial score (nSPS) is 15.9. The number of nitrogens with one attached hydrogen (secondary N) is 2. The van der Waals surface area contributed by atoms with Gasteiger partial charge in [0.1, 0.15) is 0 Å². The van der Waals surface area contributed by atoms with Crippen LogP contribution in [-0.2, 0) is 13.0 Å². The van der Waals surface area contributed by atoms with Gasteiger partial charge < -0.3 is 5.32 Å². The van der Waals surface area contributed by atoms with Crippen molar-refractivity contribution in [1.29, 1.82) is 0 Å². The van der Waals surface area contributed by atoms with Gasteiger partial charge in [-0.05, 0) is 62.3 Å². The summed E-state index contributed by atoms with van der Waals surface area (Å²) >= 11 is 0. The average Bonchev–Trinajstić information content (AvgIpc) is 2.71. The van der Waals surface area contributed by atoms with Crippen molar-refractivity contribution in [2.45, 2.75) is 52.1 Å². The Balaban J connectivity index is 1.77. The van der Waals surface area contributed by atoms with Crippen molar-refractivity contribution in [2.75, 3.05) is 13.1 Å². The van der Waals surface area contributed by atoms with Gasteiger partial charge in [-0.1, -0.05) is 12.1 Å². The van der Waals surface area contributed by atoms with E-state index in [0.29, 0.717) is 6.54 Å². The molecule has 2 amide bonds. The fourth-order valence-electron chi connectivity index (χ4n) is 3.91. The van der Waals surface area contributed by atoms with Crippen molar-refractivity contribution in [2.24, 2.45) is 0 Å². The second kappa shape index (κ2) is 9.61. The van der Waals surface area contributed by atoms with Crippen molar-refractivity contribution in [3.05, 3.63) is 58.7 Å². The first-order valence-electron chi connectivity index (χ1n) is 9.86. The summed E-state index contributed by atoms with van der Waals surface area (Å²) in [5.41, 5.74) is 7.53. The number of nitrogens with zero attached hydrogens (tertiary/aromatic N) is 3. The molecule has 0 saturated heterocycles. The van der Waals surface area contributed by atoms with Gasteiger partial charge in [0, 0.05) is 32.0 Å². The zero-order chi connectivity index (χ0) is 19.9. The molecule has 0 spiro atoms. The van der Waals surface area contributed by atoms with Crippen molar-refractivity contribution in [3.63, 3.8) is 0 Å². The number of amides is 2. The molecule has 0 aliphatic heterocycles. The van der Waals surface area contributed by atoms with Gasteiger partial charge in [-0.25, -0.2) is 10.3 Å². The largest absolute Gasteiger partial charge is 0.338 e. The Morgan fingerprint density at radius 2 is 2.21 bits per heavy atom. The second-order valence-electron chi connectivity index (χ2n) is 7.42. The zero-order valence-electron chi connectivity index (χ0n) is 16.6. The SMILES string of the molecule is Cc1cnc(CN(CCCNC(=O)NO)C2CCCc3cccnc32)c(C)c1. The molecule has 2 aromatic heterocycles. The summed E-state index contributed by atoms with van der Waals surface area (Å²) < 4.78 is 0. The smallest absolute Gasteiger partial charge is 0.336 e. The van der Waals surface area contributed by atoms with E-state index in [2.05, 4.69) is 41.2 Å². The van der Waals surface area contributed by atoms with Crippen LogP contribution in [0, 0.1) is 13.8 Å². The molecule has 2 aromatic rings. The summed E-state index contributed by atoms with van der Waals surface area (Å²) in [7, 11) is 0. The first kappa shape index (κ1) is 20.2. The van der Waals surface area contributed by atoms with E-state index in [0.717, 1.165) is 50.0 Å². The lowest BCUT2D eigenvalue weighted by molar-refractivity contribution is 0.154. The molecule has 1 atom stereocenters. The number of urea groups is 1. The summed E-state index contributed by atoms with van der Waals surface area (Å²) in [4.78, 5) is 23.0. The maximum Gasteiger partial charge on any atom is 0.338 e. The molecule has 1 aliphatic rings. The highest BCUT2D eigenvalue weighted by Crippen LogP contribution is 2.33. The van der Waals surface area contributed by atoms with E-state index in [4.69, 9.17) is 10.2 Å². The predicted molar refractivity (Wildman–Crippen MR) is 107 cm³/mol. The lowest BCUT2D eigenvalue weighted by Crippen LogP contribution is -2.37. The standard InChI is InChI=1S/C21H29N5O2/c1-15-12-16(2)18(24-13-15)14-26(11-5-10-23-21(27)25-28)19-8-3-6-17-7-4-9-22-20(17)19/h4,7,9,12-13,19,28H,3,5-6,8,10-11,14H2,1-2H3,(H2,23,25,27). The molecule has 3 N–H and O–H groups in total. The van der Waals surface area contributed by atoms with Crippen LogP contribution in [-0.4, -0.2) is 39.2 Å². The van der Waals surface area contributed by atoms with Gasteiger partial charge in [0.25, 0.3) is 0 Å². The van der Waals surface area contributed by atoms with Gasteiger partial charge in [0.15, 0.2) is 0 Å². The first-order valence-corrected chi connectivity index (χ1v) is 9.86. The minimum absolute atomic E-state index is 0.249. The predicted octanol–water partition coefficient (Wildman–Crippen LogP) is 3.05. The van der Waals surface area contributed by atoms with Gasteiger partial charge >= 0.3 is 6.03 Å². The lowest BCUT2D eigenvalue weighted by atomic mass is 9.90. The van der Waals surface area contributed by atoms with Crippen molar-refractivity contribution in [3.8, 4) is 0 Å². The third-order valence-electron chi connectivity index (χ3n) is 5.29. The highest BCUT2D eigenvalue weighted by Gasteiger charge is 2.27. The fraction of sp³-hybridized carbons (Fsp3) is 0.476. The highest BCUT2D eigenvalue weighted by molar-refractivity contribution is 5.72. The Morgan fingerprint density at radius 1 is 1.36 bits per heavy atom. The summed E-state index contributed by atoms with van der Waals surface area (Å²) in [6.45, 7) is 6.21. The number of carbonyl (C=O) groups excluding carboxylic acids is 1. The Morgan fingerprint density at radius 3 is 3.00 bits per heavy atom. The van der Waals surface area contributed by atoms with Gasteiger partial charge in [0.2, 0.25) is 0 Å². The van der Waals surface area contributed by atoms with Gasteiger partial charge in [-0.2, -0.15) is 0 Å². The molecule has 0 bridgehead atoms. The van der Waals surface area contributed by atoms with Crippen molar-refractivity contribution >= 4 is 6.03 Å². The van der Waals surface area contributed by atoms with Crippen LogP contribution in [0.3, 0.4) is 0 Å². The molecule has 3 rings (SSSR count). The maximum atomic E-state index is 11.2. The van der Waals surface area contributed by atoms with E-state index >= 15 is 0 Å². The summed E-state index contributed by atoms with van der Waals surface area (Å²) in [5.74, 6) is 0. The molecule has 2 heterocycles. The number of hydroxylamine groups is 1. The monoisotopic (exact) mass is 383 g/mol. The van der Waals surface area contributed by atoms with E-state index in [1.807, 2.05) is 18.5 Å². The number of fused-ring (bicyclic) bond motifs is 1. The van der Waals surface area contributed by atoms with E-state index < -0.39 is 6.03 Å². The number of rotatable bonds is 7. The fourth-order valence-corrected chi connectivity index (χ4v) is 3.91. The average molecular weight is 383 g/mol. The van der Waals surface area contributed by atoms with E-state index in [-0.39, 0.29) is 6.04 Å². The topological polar surface area (TPSA) is 90.4 Å². The third kappa shape index (κ3) is 5.05. The minimum Gasteiger partial charge on any atom is -0.336 e. The summed E-state index contributed by atoms with van der Waals surface area (Å²) in [5, 5.41) is 11.2. The van der Waals surface area contributed by atoms with Crippen LogP contribution < -0.4 is 10.8 Å². The van der Waals surface area contributed by atoms with Crippen molar-refractivity contribution in [1.82, 2.24) is 25.7 Å². The van der Waals surface area contributed by atoms with E-state index in [1.165, 1.54) is 16.8 Å². The molecule has 7 nitrogen and oxygen atoms in total. The van der Waals surface area contributed by atoms with Crippen LogP contribution in [0.15, 0.2) is 30.6 Å². The van der Waals surface area contributed by atoms with Crippen LogP contribution in [0.4, 0.5) is 4.79 Å². The molecule has 1 aliphatic carbocycles. The molecule has 0 aromatic carbocycles. The number of carbonyl (C=O) groups is 1. The Kier molecular flexibility index (Phi) is 6.95. The Hall–Kier alpha value is -2.51. The first-order chi connectivity index (χ1) is 13.6. The number of aromatic nitrogens is 2. The molecule has 0 fully saturated rings. The number of pyridine rings is 2. The minimum atomic E-state index is -0.577. The number of aryl methyl sites for hydroxylation is 3. The van der Waals surface area contributed by atoms with Crippen LogP contribution in [0.5, 0.6) is 0 Å². The van der Waals surface area contributed by atoms with Gasteiger partial charge in [-0.15, -0.1) is 0 Å². The quantitative estimate of drug-likeness (QED) is 0.388. The van der Waals surface area contributed by atoms with Crippen molar-refractivity contribution < 1.29 is 10.0 Å². The third-order valence-corrected chi connectivity index (χ3v) is 5.29. The van der Waals surface area contributed by atoms with E-state index in [1.54, 1.807) is 5.48 Å². The van der Waals surface area contributed by atoms with Crippen LogP contribution in [0.2, 0.25) is 0 Å². The molecular formula is C21H29N5O2. The summed E-state index contributed by atoms with van der Waals surface area (Å²) in [6.07, 6.45) is 7.86. The molecule has 0 saturated carbocycles. The molecule has 0 radical (unpaired) electrons. The number of hydrogen-bond acceptors (Lipinski definition) is 5. The molecule has 1 unspecified atom stereocenters. The maximum absolute atomic E-state index is 11.2. The zero-order valence-corrected chi connectivity index (χ0v) is 16.6.